The Morgan fingerprint density at radius 3 is 2.50 bits per heavy atom. The zero-order valence-corrected chi connectivity index (χ0v) is 11.7. The molecule has 0 fully saturated rings. The number of hydrogen-bond acceptors (Lipinski definition) is 3. The maximum atomic E-state index is 13.6. The van der Waals surface area contributed by atoms with Crippen LogP contribution in [0.5, 0.6) is 0 Å². The Kier molecular flexibility index (Phi) is 3.82. The number of H-pyrrole nitrogens is 1. The average Bonchev–Trinajstić information content (AvgIpc) is 2.92. The molecule has 112 valence electrons. The highest BCUT2D eigenvalue weighted by atomic mass is 19.1. The van der Waals surface area contributed by atoms with Crippen LogP contribution in [0.15, 0.2) is 42.5 Å². The highest BCUT2D eigenvalue weighted by Gasteiger charge is 2.09. The molecule has 0 atom stereocenters. The third-order valence-electron chi connectivity index (χ3n) is 3.29. The lowest BCUT2D eigenvalue weighted by molar-refractivity contribution is 0.573. The minimum atomic E-state index is -0.597. The van der Waals surface area contributed by atoms with Crippen LogP contribution in [0.2, 0.25) is 0 Å². The van der Waals surface area contributed by atoms with Gasteiger partial charge in [-0.15, -0.1) is 0 Å². The topological polar surface area (TPSA) is 67.6 Å². The summed E-state index contributed by atoms with van der Waals surface area (Å²) in [5.41, 5.74) is 7.75. The van der Waals surface area contributed by atoms with Crippen molar-refractivity contribution in [2.45, 2.75) is 12.8 Å². The van der Waals surface area contributed by atoms with E-state index in [4.69, 9.17) is 5.73 Å². The maximum absolute atomic E-state index is 13.6. The fraction of sp³-hybridized carbons (Fsp3) is 0.125. The first-order chi connectivity index (χ1) is 10.6. The van der Waals surface area contributed by atoms with Crippen molar-refractivity contribution < 1.29 is 8.78 Å². The molecule has 0 unspecified atom stereocenters. The number of nitrogen functional groups attached to an aromatic ring is 1. The maximum Gasteiger partial charge on any atom is 0.155 e. The molecule has 0 saturated heterocycles. The number of nitrogens with two attached hydrogens (primary N) is 1. The van der Waals surface area contributed by atoms with Gasteiger partial charge in [-0.05, 0) is 29.3 Å². The van der Waals surface area contributed by atoms with Crippen molar-refractivity contribution in [3.8, 4) is 0 Å². The molecule has 0 aliphatic rings. The lowest BCUT2D eigenvalue weighted by Crippen LogP contribution is -1.96. The molecule has 1 aromatic heterocycles. The Morgan fingerprint density at radius 2 is 1.77 bits per heavy atom. The van der Waals surface area contributed by atoms with E-state index in [0.29, 0.717) is 29.3 Å². The Balaban J connectivity index is 1.72. The zero-order chi connectivity index (χ0) is 15.5. The second-order valence-electron chi connectivity index (χ2n) is 5.03. The van der Waals surface area contributed by atoms with Crippen LogP contribution in [0.4, 0.5) is 14.5 Å². The Labute approximate surface area is 126 Å². The predicted octanol–water partition coefficient (Wildman–Crippen LogP) is 2.85. The minimum absolute atomic E-state index is 0.213. The van der Waals surface area contributed by atoms with Crippen molar-refractivity contribution >= 4 is 5.69 Å². The number of nitrogens with zero attached hydrogens (tertiary/aromatic N) is 2. The summed E-state index contributed by atoms with van der Waals surface area (Å²) in [6, 6.07) is 11.0. The van der Waals surface area contributed by atoms with Crippen LogP contribution < -0.4 is 5.73 Å². The van der Waals surface area contributed by atoms with Crippen LogP contribution in [-0.4, -0.2) is 15.2 Å². The second-order valence-corrected chi connectivity index (χ2v) is 5.03. The van der Waals surface area contributed by atoms with E-state index in [1.165, 1.54) is 12.1 Å². The van der Waals surface area contributed by atoms with E-state index in [-0.39, 0.29) is 6.42 Å². The molecule has 2 aromatic carbocycles. The molecule has 0 amide bonds. The minimum Gasteiger partial charge on any atom is -0.399 e. The van der Waals surface area contributed by atoms with Crippen LogP contribution in [0.1, 0.15) is 22.8 Å². The lowest BCUT2D eigenvalue weighted by Gasteiger charge is -2.00. The summed E-state index contributed by atoms with van der Waals surface area (Å²) in [4.78, 5) is 4.33. The van der Waals surface area contributed by atoms with E-state index in [1.54, 1.807) is 0 Å². The quantitative estimate of drug-likeness (QED) is 0.728. The van der Waals surface area contributed by atoms with E-state index >= 15 is 0 Å². The van der Waals surface area contributed by atoms with Gasteiger partial charge in [0.25, 0.3) is 0 Å². The Hall–Kier alpha value is -2.76. The molecule has 6 heteroatoms. The molecule has 3 aromatic rings. The van der Waals surface area contributed by atoms with Crippen LogP contribution in [0, 0.1) is 11.6 Å². The number of hydrogen-bond donors (Lipinski definition) is 2. The summed E-state index contributed by atoms with van der Waals surface area (Å²) in [5, 5.41) is 6.90. The lowest BCUT2D eigenvalue weighted by atomic mass is 10.1. The summed E-state index contributed by atoms with van der Waals surface area (Å²) in [6.45, 7) is 0. The molecule has 0 aliphatic heterocycles. The SMILES string of the molecule is Nc1ccc(Cc2nc(Cc3ccc(F)cc3F)n[nH]2)cc1. The van der Waals surface area contributed by atoms with Crippen molar-refractivity contribution in [2.24, 2.45) is 0 Å². The first-order valence-corrected chi connectivity index (χ1v) is 6.78. The molecular weight excluding hydrogens is 286 g/mol. The molecule has 0 aliphatic carbocycles. The third-order valence-corrected chi connectivity index (χ3v) is 3.29. The molecule has 0 bridgehead atoms. The van der Waals surface area contributed by atoms with Gasteiger partial charge in [-0.25, -0.2) is 13.8 Å². The first kappa shape index (κ1) is 14.2. The van der Waals surface area contributed by atoms with Crippen LogP contribution in [0.3, 0.4) is 0 Å². The summed E-state index contributed by atoms with van der Waals surface area (Å²) in [6.07, 6.45) is 0.795. The fourth-order valence-corrected chi connectivity index (χ4v) is 2.16. The number of aromatic nitrogens is 3. The highest BCUT2D eigenvalue weighted by molar-refractivity contribution is 5.39. The number of nitrogens with one attached hydrogen (secondary N) is 1. The van der Waals surface area contributed by atoms with Gasteiger partial charge >= 0.3 is 0 Å². The standard InChI is InChI=1S/C16H14F2N4/c17-12-4-3-11(14(18)9-12)8-16-20-15(21-22-16)7-10-1-5-13(19)6-2-10/h1-6,9H,7-8,19H2,(H,20,21,22). The summed E-state index contributed by atoms with van der Waals surface area (Å²) in [7, 11) is 0. The summed E-state index contributed by atoms with van der Waals surface area (Å²) < 4.78 is 26.5. The van der Waals surface area contributed by atoms with Crippen LogP contribution in [-0.2, 0) is 12.8 Å². The van der Waals surface area contributed by atoms with E-state index in [2.05, 4.69) is 15.2 Å². The molecular formula is C16H14F2N4. The number of halogens is 2. The van der Waals surface area contributed by atoms with Crippen LogP contribution in [0.25, 0.3) is 0 Å². The van der Waals surface area contributed by atoms with Gasteiger partial charge < -0.3 is 5.73 Å². The van der Waals surface area contributed by atoms with Gasteiger partial charge in [0.15, 0.2) is 5.82 Å². The monoisotopic (exact) mass is 300 g/mol. The van der Waals surface area contributed by atoms with Gasteiger partial charge in [0.2, 0.25) is 0 Å². The summed E-state index contributed by atoms with van der Waals surface area (Å²) >= 11 is 0. The number of benzene rings is 2. The smallest absolute Gasteiger partial charge is 0.155 e. The summed E-state index contributed by atoms with van der Waals surface area (Å²) in [5.74, 6) is -0.0385. The van der Waals surface area contributed by atoms with Gasteiger partial charge in [0.05, 0.1) is 0 Å². The van der Waals surface area contributed by atoms with E-state index in [9.17, 15) is 8.78 Å². The number of rotatable bonds is 4. The van der Waals surface area contributed by atoms with Gasteiger partial charge in [0.1, 0.15) is 17.5 Å². The molecule has 0 saturated carbocycles. The largest absolute Gasteiger partial charge is 0.399 e. The van der Waals surface area contributed by atoms with Gasteiger partial charge in [-0.1, -0.05) is 18.2 Å². The van der Waals surface area contributed by atoms with Crippen molar-refractivity contribution in [1.29, 1.82) is 0 Å². The Bertz CT molecular complexity index is 781. The number of aromatic amines is 1. The van der Waals surface area contributed by atoms with E-state index in [1.807, 2.05) is 24.3 Å². The van der Waals surface area contributed by atoms with Crippen molar-refractivity contribution in [3.05, 3.63) is 76.9 Å². The third kappa shape index (κ3) is 3.28. The normalized spacial score (nSPS) is 10.8. The second kappa shape index (κ2) is 5.93. The van der Waals surface area contributed by atoms with Gasteiger partial charge in [0, 0.05) is 24.6 Å². The Morgan fingerprint density at radius 1 is 1.00 bits per heavy atom. The average molecular weight is 300 g/mol. The van der Waals surface area contributed by atoms with Gasteiger partial charge in [-0.2, -0.15) is 5.10 Å². The molecule has 0 radical (unpaired) electrons. The molecule has 3 rings (SSSR count). The fourth-order valence-electron chi connectivity index (χ4n) is 2.16. The molecule has 22 heavy (non-hydrogen) atoms. The van der Waals surface area contributed by atoms with E-state index < -0.39 is 11.6 Å². The number of anilines is 1. The molecule has 4 nitrogen and oxygen atoms in total. The molecule has 3 N–H and O–H groups in total. The molecule has 0 spiro atoms. The van der Waals surface area contributed by atoms with Crippen molar-refractivity contribution in [1.82, 2.24) is 15.2 Å². The van der Waals surface area contributed by atoms with Crippen molar-refractivity contribution in [2.75, 3.05) is 5.73 Å². The van der Waals surface area contributed by atoms with Gasteiger partial charge in [-0.3, -0.25) is 5.10 Å². The first-order valence-electron chi connectivity index (χ1n) is 6.78. The van der Waals surface area contributed by atoms with Crippen LogP contribution >= 0.6 is 0 Å². The zero-order valence-electron chi connectivity index (χ0n) is 11.7. The van der Waals surface area contributed by atoms with E-state index in [0.717, 1.165) is 11.6 Å². The highest BCUT2D eigenvalue weighted by Crippen LogP contribution is 2.14. The predicted molar refractivity (Wildman–Crippen MR) is 79.2 cm³/mol. The molecule has 1 heterocycles. The van der Waals surface area contributed by atoms with Crippen molar-refractivity contribution in [3.63, 3.8) is 0 Å².